The van der Waals surface area contributed by atoms with E-state index in [1.807, 2.05) is 17.0 Å². The highest BCUT2D eigenvalue weighted by atomic mass is 35.5. The summed E-state index contributed by atoms with van der Waals surface area (Å²) >= 11 is 5.94. The van der Waals surface area contributed by atoms with Crippen LogP contribution >= 0.6 is 11.6 Å². The van der Waals surface area contributed by atoms with E-state index in [2.05, 4.69) is 10.2 Å². The number of halogens is 1. The summed E-state index contributed by atoms with van der Waals surface area (Å²) in [4.78, 5) is 45.2. The molecule has 5 rings (SSSR count). The van der Waals surface area contributed by atoms with Crippen LogP contribution in [0, 0.1) is 0 Å². The average Bonchev–Trinajstić information content (AvgIpc) is 2.87. The van der Waals surface area contributed by atoms with Gasteiger partial charge in [0.05, 0.1) is 11.4 Å². The standard InChI is InChI=1S/C26H29ClN4O3/c27-19-8-10-20(11-9-19)28-24(32)17-31-23-16-18(25(33)29-13-3-1-4-14-29)7-12-21(23)30-15-5-2-6-22(30)26(31)34/h7-12,16,22H,1-6,13-15,17H2,(H,28,32). The quantitative estimate of drug-likeness (QED) is 0.707. The molecule has 2 aromatic carbocycles. The number of fused-ring (bicyclic) bond motifs is 3. The van der Waals surface area contributed by atoms with Crippen molar-refractivity contribution >= 4 is 46.4 Å². The second-order valence-corrected chi connectivity index (χ2v) is 9.68. The van der Waals surface area contributed by atoms with Gasteiger partial charge in [0.15, 0.2) is 0 Å². The van der Waals surface area contributed by atoms with E-state index in [0.29, 0.717) is 22.0 Å². The first-order valence-corrected chi connectivity index (χ1v) is 12.5. The fraction of sp³-hybridized carbons (Fsp3) is 0.423. The predicted octanol–water partition coefficient (Wildman–Crippen LogP) is 4.31. The molecule has 3 aliphatic heterocycles. The zero-order chi connectivity index (χ0) is 23.7. The summed E-state index contributed by atoms with van der Waals surface area (Å²) in [6, 6.07) is 12.2. The maximum Gasteiger partial charge on any atom is 0.253 e. The van der Waals surface area contributed by atoms with Crippen LogP contribution in [0.5, 0.6) is 0 Å². The lowest BCUT2D eigenvalue weighted by Gasteiger charge is -2.45. The largest absolute Gasteiger partial charge is 0.358 e. The minimum absolute atomic E-state index is 0.0127. The molecule has 0 radical (unpaired) electrons. The van der Waals surface area contributed by atoms with Crippen molar-refractivity contribution in [2.75, 3.05) is 41.3 Å². The molecule has 7 nitrogen and oxygen atoms in total. The van der Waals surface area contributed by atoms with Crippen LogP contribution in [-0.2, 0) is 9.59 Å². The molecule has 0 aliphatic carbocycles. The van der Waals surface area contributed by atoms with Crippen molar-refractivity contribution in [3.05, 3.63) is 53.1 Å². The van der Waals surface area contributed by atoms with Crippen LogP contribution in [0.3, 0.4) is 0 Å². The molecule has 2 aromatic rings. The number of benzene rings is 2. The third-order valence-electron chi connectivity index (χ3n) is 6.95. The molecule has 0 saturated carbocycles. The van der Waals surface area contributed by atoms with E-state index >= 15 is 0 Å². The predicted molar refractivity (Wildman–Crippen MR) is 134 cm³/mol. The van der Waals surface area contributed by atoms with Gasteiger partial charge in [-0.05, 0) is 81.0 Å². The van der Waals surface area contributed by atoms with E-state index in [4.69, 9.17) is 11.6 Å². The summed E-state index contributed by atoms with van der Waals surface area (Å²) in [6.07, 6.45) is 5.95. The van der Waals surface area contributed by atoms with Gasteiger partial charge in [-0.3, -0.25) is 19.3 Å². The molecule has 1 atom stereocenters. The van der Waals surface area contributed by atoms with E-state index in [0.717, 1.165) is 63.8 Å². The molecule has 3 amide bonds. The van der Waals surface area contributed by atoms with Crippen LogP contribution in [0.4, 0.5) is 17.1 Å². The summed E-state index contributed by atoms with van der Waals surface area (Å²) in [5.41, 5.74) is 2.73. The summed E-state index contributed by atoms with van der Waals surface area (Å²) in [5, 5.41) is 3.43. The Morgan fingerprint density at radius 1 is 0.912 bits per heavy atom. The Bertz CT molecular complexity index is 1100. The lowest BCUT2D eigenvalue weighted by atomic mass is 9.95. The van der Waals surface area contributed by atoms with E-state index in [-0.39, 0.29) is 30.3 Å². The highest BCUT2D eigenvalue weighted by molar-refractivity contribution is 6.30. The van der Waals surface area contributed by atoms with E-state index in [9.17, 15) is 14.4 Å². The summed E-state index contributed by atoms with van der Waals surface area (Å²) in [7, 11) is 0. The summed E-state index contributed by atoms with van der Waals surface area (Å²) < 4.78 is 0. The Hall–Kier alpha value is -3.06. The Balaban J connectivity index is 1.44. The first kappa shape index (κ1) is 22.7. The summed E-state index contributed by atoms with van der Waals surface area (Å²) in [5.74, 6) is -0.388. The van der Waals surface area contributed by atoms with Gasteiger partial charge in [0.1, 0.15) is 12.6 Å². The maximum absolute atomic E-state index is 13.5. The van der Waals surface area contributed by atoms with Gasteiger partial charge in [-0.1, -0.05) is 11.6 Å². The average molecular weight is 481 g/mol. The van der Waals surface area contributed by atoms with Crippen LogP contribution < -0.4 is 15.1 Å². The van der Waals surface area contributed by atoms with E-state index < -0.39 is 0 Å². The molecule has 8 heteroatoms. The first-order valence-electron chi connectivity index (χ1n) is 12.1. The molecule has 1 N–H and O–H groups in total. The van der Waals surface area contributed by atoms with Crippen LogP contribution in [0.1, 0.15) is 48.9 Å². The number of rotatable bonds is 4. The maximum atomic E-state index is 13.5. The van der Waals surface area contributed by atoms with Crippen molar-refractivity contribution in [1.29, 1.82) is 0 Å². The monoisotopic (exact) mass is 480 g/mol. The van der Waals surface area contributed by atoms with Gasteiger partial charge in [0.2, 0.25) is 11.8 Å². The molecule has 2 fully saturated rings. The van der Waals surface area contributed by atoms with Crippen molar-refractivity contribution in [2.24, 2.45) is 0 Å². The molecule has 3 heterocycles. The number of carbonyl (C=O) groups excluding carboxylic acids is 3. The molecule has 0 bridgehead atoms. The smallest absolute Gasteiger partial charge is 0.253 e. The highest BCUT2D eigenvalue weighted by Crippen LogP contribution is 2.40. The van der Waals surface area contributed by atoms with Crippen LogP contribution in [0.25, 0.3) is 0 Å². The number of piperidine rings is 2. The van der Waals surface area contributed by atoms with Gasteiger partial charge in [0, 0.05) is 35.9 Å². The number of hydrogen-bond donors (Lipinski definition) is 1. The number of amides is 3. The Morgan fingerprint density at radius 3 is 2.41 bits per heavy atom. The summed E-state index contributed by atoms with van der Waals surface area (Å²) in [6.45, 7) is 2.21. The fourth-order valence-corrected chi connectivity index (χ4v) is 5.34. The molecular weight excluding hydrogens is 452 g/mol. The number of carbonyl (C=O) groups is 3. The minimum atomic E-state index is -0.293. The van der Waals surface area contributed by atoms with Gasteiger partial charge < -0.3 is 15.1 Å². The molecule has 3 aliphatic rings. The third kappa shape index (κ3) is 4.49. The fourth-order valence-electron chi connectivity index (χ4n) is 5.21. The third-order valence-corrected chi connectivity index (χ3v) is 7.20. The van der Waals surface area contributed by atoms with Gasteiger partial charge in [0.25, 0.3) is 5.91 Å². The lowest BCUT2D eigenvalue weighted by molar-refractivity contribution is -0.123. The SMILES string of the molecule is O=C(CN1C(=O)C2CCCCN2c2ccc(C(=O)N3CCCCC3)cc21)Nc1ccc(Cl)cc1. The second kappa shape index (κ2) is 9.66. The Kier molecular flexibility index (Phi) is 6.46. The highest BCUT2D eigenvalue weighted by Gasteiger charge is 2.40. The van der Waals surface area contributed by atoms with Gasteiger partial charge >= 0.3 is 0 Å². The zero-order valence-corrected chi connectivity index (χ0v) is 19.9. The van der Waals surface area contributed by atoms with Crippen LogP contribution in [0.2, 0.25) is 5.02 Å². The van der Waals surface area contributed by atoms with Gasteiger partial charge in [-0.2, -0.15) is 0 Å². The Morgan fingerprint density at radius 2 is 1.65 bits per heavy atom. The van der Waals surface area contributed by atoms with Gasteiger partial charge in [-0.25, -0.2) is 0 Å². The number of anilines is 3. The van der Waals surface area contributed by atoms with Crippen molar-refractivity contribution in [2.45, 2.75) is 44.6 Å². The van der Waals surface area contributed by atoms with Crippen LogP contribution in [-0.4, -0.2) is 54.8 Å². The molecule has 1 unspecified atom stereocenters. The Labute approximate surface area is 204 Å². The van der Waals surface area contributed by atoms with Crippen LogP contribution in [0.15, 0.2) is 42.5 Å². The number of likely N-dealkylation sites (tertiary alicyclic amines) is 1. The molecule has 0 spiro atoms. The molecule has 178 valence electrons. The second-order valence-electron chi connectivity index (χ2n) is 9.24. The molecular formula is C26H29ClN4O3. The molecule has 2 saturated heterocycles. The number of hydrogen-bond acceptors (Lipinski definition) is 4. The molecule has 0 aromatic heterocycles. The van der Waals surface area contributed by atoms with Crippen molar-refractivity contribution in [1.82, 2.24) is 4.90 Å². The van der Waals surface area contributed by atoms with Crippen molar-refractivity contribution in [3.8, 4) is 0 Å². The van der Waals surface area contributed by atoms with E-state index in [1.54, 1.807) is 35.2 Å². The van der Waals surface area contributed by atoms with E-state index in [1.165, 1.54) is 0 Å². The zero-order valence-electron chi connectivity index (χ0n) is 19.1. The number of nitrogens with zero attached hydrogens (tertiary/aromatic N) is 3. The topological polar surface area (TPSA) is 73.0 Å². The molecule has 34 heavy (non-hydrogen) atoms. The van der Waals surface area contributed by atoms with Crippen molar-refractivity contribution < 1.29 is 14.4 Å². The normalized spacial score (nSPS) is 20.0. The first-order chi connectivity index (χ1) is 16.5. The lowest BCUT2D eigenvalue weighted by Crippen LogP contribution is -2.56. The number of nitrogens with one attached hydrogen (secondary N) is 1. The van der Waals surface area contributed by atoms with Gasteiger partial charge in [-0.15, -0.1) is 0 Å². The van der Waals surface area contributed by atoms with Crippen molar-refractivity contribution in [3.63, 3.8) is 0 Å². The minimum Gasteiger partial charge on any atom is -0.358 e.